The van der Waals surface area contributed by atoms with Gasteiger partial charge < -0.3 is 10.5 Å². The van der Waals surface area contributed by atoms with Crippen LogP contribution in [0.15, 0.2) is 36.5 Å². The predicted molar refractivity (Wildman–Crippen MR) is 83.3 cm³/mol. The van der Waals surface area contributed by atoms with Gasteiger partial charge >= 0.3 is 0 Å². The van der Waals surface area contributed by atoms with Crippen molar-refractivity contribution >= 4 is 11.3 Å². The normalized spacial score (nSPS) is 11.2. The first-order valence-electron chi connectivity index (χ1n) is 6.93. The molecule has 0 aliphatic carbocycles. The molecule has 2 heterocycles. The van der Waals surface area contributed by atoms with Crippen molar-refractivity contribution in [1.82, 2.24) is 14.6 Å². The van der Waals surface area contributed by atoms with Gasteiger partial charge in [0, 0.05) is 11.8 Å². The van der Waals surface area contributed by atoms with Gasteiger partial charge in [-0.3, -0.25) is 0 Å². The molecule has 108 valence electrons. The summed E-state index contributed by atoms with van der Waals surface area (Å²) in [5, 5.41) is 4.48. The minimum Gasteiger partial charge on any atom is -0.489 e. The minimum atomic E-state index is 0.0918. The maximum Gasteiger partial charge on any atom is 0.182 e. The number of hydrogen-bond acceptors (Lipinski definition) is 4. The zero-order chi connectivity index (χ0) is 15.0. The molecular weight excluding hydrogens is 264 g/mol. The van der Waals surface area contributed by atoms with Gasteiger partial charge in [0.15, 0.2) is 11.5 Å². The molecule has 0 spiro atoms. The minimum absolute atomic E-state index is 0.0918. The Morgan fingerprint density at radius 1 is 1.24 bits per heavy atom. The second-order valence-electron chi connectivity index (χ2n) is 5.31. The van der Waals surface area contributed by atoms with Gasteiger partial charge in [-0.25, -0.2) is 9.50 Å². The Morgan fingerprint density at radius 3 is 2.71 bits per heavy atom. The predicted octanol–water partition coefficient (Wildman–Crippen LogP) is 3.07. The highest BCUT2D eigenvalue weighted by atomic mass is 16.5. The summed E-state index contributed by atoms with van der Waals surface area (Å²) in [4.78, 5) is 4.57. The van der Waals surface area contributed by atoms with Gasteiger partial charge in [-0.2, -0.15) is 0 Å². The van der Waals surface area contributed by atoms with Crippen LogP contribution in [0.1, 0.15) is 19.4 Å². The molecule has 3 rings (SSSR count). The largest absolute Gasteiger partial charge is 0.489 e. The lowest BCUT2D eigenvalue weighted by Crippen LogP contribution is -2.07. The number of ether oxygens (including phenoxy) is 1. The fourth-order valence-corrected chi connectivity index (χ4v) is 2.21. The number of nitrogens with zero attached hydrogens (tertiary/aromatic N) is 3. The monoisotopic (exact) mass is 282 g/mol. The molecule has 0 radical (unpaired) electrons. The molecular formula is C16H18N4O. The van der Waals surface area contributed by atoms with Crippen molar-refractivity contribution in [1.29, 1.82) is 0 Å². The van der Waals surface area contributed by atoms with Crippen LogP contribution in [0.4, 0.5) is 5.69 Å². The van der Waals surface area contributed by atoms with Gasteiger partial charge in [0.2, 0.25) is 0 Å². The average molecular weight is 282 g/mol. The molecule has 1 aromatic carbocycles. The van der Waals surface area contributed by atoms with Crippen molar-refractivity contribution in [2.24, 2.45) is 0 Å². The number of pyridine rings is 1. The fourth-order valence-electron chi connectivity index (χ4n) is 2.21. The van der Waals surface area contributed by atoms with E-state index in [-0.39, 0.29) is 6.10 Å². The highest BCUT2D eigenvalue weighted by Crippen LogP contribution is 2.28. The first-order valence-corrected chi connectivity index (χ1v) is 6.93. The lowest BCUT2D eigenvalue weighted by Gasteiger charge is -2.12. The third-order valence-electron chi connectivity index (χ3n) is 3.19. The Morgan fingerprint density at radius 2 is 2.05 bits per heavy atom. The zero-order valence-electron chi connectivity index (χ0n) is 12.4. The van der Waals surface area contributed by atoms with E-state index in [1.807, 2.05) is 57.3 Å². The summed E-state index contributed by atoms with van der Waals surface area (Å²) in [7, 11) is 0. The van der Waals surface area contributed by atoms with Crippen molar-refractivity contribution in [3.05, 3.63) is 42.1 Å². The van der Waals surface area contributed by atoms with Crippen LogP contribution >= 0.6 is 0 Å². The number of rotatable bonds is 3. The fraction of sp³-hybridized carbons (Fsp3) is 0.250. The molecule has 0 unspecified atom stereocenters. The first kappa shape index (κ1) is 13.4. The third-order valence-corrected chi connectivity index (χ3v) is 3.19. The molecule has 0 saturated carbocycles. The van der Waals surface area contributed by atoms with Gasteiger partial charge in [-0.15, -0.1) is 5.10 Å². The number of aromatic nitrogens is 3. The van der Waals surface area contributed by atoms with Crippen molar-refractivity contribution < 1.29 is 4.74 Å². The topological polar surface area (TPSA) is 65.4 Å². The Balaban J connectivity index is 2.02. The molecule has 0 bridgehead atoms. The van der Waals surface area contributed by atoms with E-state index in [0.717, 1.165) is 16.8 Å². The highest BCUT2D eigenvalue weighted by Gasteiger charge is 2.10. The molecule has 0 saturated heterocycles. The number of benzene rings is 1. The van der Waals surface area contributed by atoms with Gasteiger partial charge in [0.05, 0.1) is 11.8 Å². The molecule has 0 atom stereocenters. The second-order valence-corrected chi connectivity index (χ2v) is 5.31. The average Bonchev–Trinajstić information content (AvgIpc) is 2.86. The van der Waals surface area contributed by atoms with Crippen molar-refractivity contribution in [3.8, 4) is 17.1 Å². The van der Waals surface area contributed by atoms with Crippen molar-refractivity contribution in [2.75, 3.05) is 5.73 Å². The van der Waals surface area contributed by atoms with Crippen LogP contribution in [0.2, 0.25) is 0 Å². The van der Waals surface area contributed by atoms with Gasteiger partial charge in [-0.1, -0.05) is 6.07 Å². The number of nitrogen functional groups attached to an aromatic ring is 1. The van der Waals surface area contributed by atoms with Crippen LogP contribution in [0, 0.1) is 6.92 Å². The summed E-state index contributed by atoms with van der Waals surface area (Å²) in [6.07, 6.45) is 1.98. The summed E-state index contributed by atoms with van der Waals surface area (Å²) in [6.45, 7) is 5.96. The lowest BCUT2D eigenvalue weighted by molar-refractivity contribution is 0.244. The maximum atomic E-state index is 6.04. The summed E-state index contributed by atoms with van der Waals surface area (Å²) >= 11 is 0. The SMILES string of the molecule is Cc1cccn2nc(-c3ccc(OC(C)C)c(N)c3)nc12. The Kier molecular flexibility index (Phi) is 3.25. The molecule has 5 nitrogen and oxygen atoms in total. The maximum absolute atomic E-state index is 6.04. The number of nitrogens with two attached hydrogens (primary N) is 1. The van der Waals surface area contributed by atoms with Crippen LogP contribution in [-0.2, 0) is 0 Å². The van der Waals surface area contributed by atoms with Gasteiger partial charge in [0.1, 0.15) is 5.75 Å². The summed E-state index contributed by atoms with van der Waals surface area (Å²) in [5.41, 5.74) is 9.46. The first-order chi connectivity index (χ1) is 10.0. The van der Waals surface area contributed by atoms with E-state index in [1.165, 1.54) is 0 Å². The van der Waals surface area contributed by atoms with Gasteiger partial charge in [0.25, 0.3) is 0 Å². The summed E-state index contributed by atoms with van der Waals surface area (Å²) < 4.78 is 7.42. The van der Waals surface area contributed by atoms with E-state index in [9.17, 15) is 0 Å². The number of fused-ring (bicyclic) bond motifs is 1. The van der Waals surface area contributed by atoms with E-state index in [0.29, 0.717) is 17.3 Å². The molecule has 0 aliphatic heterocycles. The van der Waals surface area contributed by atoms with E-state index in [4.69, 9.17) is 10.5 Å². The van der Waals surface area contributed by atoms with Crippen LogP contribution in [0.25, 0.3) is 17.0 Å². The standard InChI is InChI=1S/C16H18N4O/c1-10(2)21-14-7-6-12(9-13(14)17)15-18-16-11(3)5-4-8-20(16)19-15/h4-10H,17H2,1-3H3. The molecule has 0 amide bonds. The molecule has 2 N–H and O–H groups in total. The molecule has 0 fully saturated rings. The van der Waals surface area contributed by atoms with E-state index >= 15 is 0 Å². The second kappa shape index (κ2) is 5.09. The smallest absolute Gasteiger partial charge is 0.182 e. The van der Waals surface area contributed by atoms with Crippen LogP contribution in [-0.4, -0.2) is 20.7 Å². The zero-order valence-corrected chi connectivity index (χ0v) is 12.4. The highest BCUT2D eigenvalue weighted by molar-refractivity contribution is 5.67. The van der Waals surface area contributed by atoms with E-state index < -0.39 is 0 Å². The third kappa shape index (κ3) is 2.54. The molecule has 0 aliphatic rings. The Bertz CT molecular complexity index is 792. The number of anilines is 1. The molecule has 21 heavy (non-hydrogen) atoms. The van der Waals surface area contributed by atoms with E-state index in [1.54, 1.807) is 4.52 Å². The summed E-state index contributed by atoms with van der Waals surface area (Å²) in [5.74, 6) is 1.35. The number of hydrogen-bond donors (Lipinski definition) is 1. The molecule has 2 aromatic heterocycles. The quantitative estimate of drug-likeness (QED) is 0.750. The van der Waals surface area contributed by atoms with E-state index in [2.05, 4.69) is 10.1 Å². The van der Waals surface area contributed by atoms with Gasteiger partial charge in [-0.05, 0) is 50.6 Å². The number of aryl methyl sites for hydroxylation is 1. The van der Waals surface area contributed by atoms with Crippen molar-refractivity contribution in [3.63, 3.8) is 0 Å². The molecule has 5 heteroatoms. The van der Waals surface area contributed by atoms with Crippen LogP contribution in [0.3, 0.4) is 0 Å². The van der Waals surface area contributed by atoms with Crippen LogP contribution < -0.4 is 10.5 Å². The Labute approximate surface area is 123 Å². The Hall–Kier alpha value is -2.56. The van der Waals surface area contributed by atoms with Crippen LogP contribution in [0.5, 0.6) is 5.75 Å². The van der Waals surface area contributed by atoms with Crippen molar-refractivity contribution in [2.45, 2.75) is 26.9 Å². The molecule has 3 aromatic rings. The lowest BCUT2D eigenvalue weighted by atomic mass is 10.2. The summed E-state index contributed by atoms with van der Waals surface area (Å²) in [6, 6.07) is 9.61.